The summed E-state index contributed by atoms with van der Waals surface area (Å²) in [6.07, 6.45) is 2.61. The lowest BCUT2D eigenvalue weighted by Crippen LogP contribution is -2.31. The zero-order valence-corrected chi connectivity index (χ0v) is 12.8. The van der Waals surface area contributed by atoms with Crippen molar-refractivity contribution in [3.8, 4) is 0 Å². The highest BCUT2D eigenvalue weighted by atomic mass is 16.1. The van der Waals surface area contributed by atoms with Crippen LogP contribution in [0, 0.1) is 13.8 Å². The first-order chi connectivity index (χ1) is 10.1. The summed E-state index contributed by atoms with van der Waals surface area (Å²) in [4.78, 5) is 20.3. The number of rotatable bonds is 7. The van der Waals surface area contributed by atoms with Gasteiger partial charge in [0, 0.05) is 30.9 Å². The van der Waals surface area contributed by atoms with E-state index in [1.54, 1.807) is 4.52 Å². The highest BCUT2D eigenvalue weighted by molar-refractivity contribution is 5.76. The van der Waals surface area contributed by atoms with Crippen LogP contribution in [0.4, 0.5) is 0 Å². The molecule has 21 heavy (non-hydrogen) atoms. The van der Waals surface area contributed by atoms with E-state index in [0.29, 0.717) is 25.2 Å². The highest BCUT2D eigenvalue weighted by Crippen LogP contribution is 2.14. The number of aromatic nitrogens is 4. The van der Waals surface area contributed by atoms with Crippen LogP contribution in [0.3, 0.4) is 0 Å². The molecule has 7 heteroatoms. The molecule has 1 amide bonds. The van der Waals surface area contributed by atoms with Crippen LogP contribution in [0.2, 0.25) is 0 Å². The van der Waals surface area contributed by atoms with Crippen molar-refractivity contribution < 1.29 is 4.79 Å². The molecule has 0 aromatic carbocycles. The van der Waals surface area contributed by atoms with Gasteiger partial charge in [-0.25, -0.2) is 9.50 Å². The van der Waals surface area contributed by atoms with Crippen LogP contribution in [-0.4, -0.2) is 45.1 Å². The fraction of sp³-hybridized carbons (Fsp3) is 0.571. The lowest BCUT2D eigenvalue weighted by molar-refractivity contribution is -0.121. The average molecular weight is 290 g/mol. The molecule has 2 aromatic heterocycles. The van der Waals surface area contributed by atoms with Gasteiger partial charge in [0.1, 0.15) is 6.33 Å². The lowest BCUT2D eigenvalue weighted by Gasteiger charge is -2.10. The van der Waals surface area contributed by atoms with Gasteiger partial charge in [0.05, 0.1) is 0 Å². The molecule has 2 heterocycles. The maximum absolute atomic E-state index is 11.8. The van der Waals surface area contributed by atoms with E-state index < -0.39 is 0 Å². The molecule has 7 nitrogen and oxygen atoms in total. The van der Waals surface area contributed by atoms with Gasteiger partial charge in [0.25, 0.3) is 5.78 Å². The third-order valence-electron chi connectivity index (χ3n) is 3.46. The fourth-order valence-corrected chi connectivity index (χ4v) is 2.31. The molecule has 0 saturated heterocycles. The molecule has 2 N–H and O–H groups in total. The summed E-state index contributed by atoms with van der Waals surface area (Å²) < 4.78 is 1.71. The zero-order chi connectivity index (χ0) is 15.2. The number of nitrogens with one attached hydrogen (secondary N) is 2. The van der Waals surface area contributed by atoms with Crippen molar-refractivity contribution in [1.29, 1.82) is 0 Å². The largest absolute Gasteiger partial charge is 0.355 e. The molecule has 0 fully saturated rings. The molecule has 2 aromatic rings. The molecule has 0 aliphatic carbocycles. The lowest BCUT2D eigenvalue weighted by atomic mass is 10.1. The number of aryl methyl sites for hydroxylation is 2. The summed E-state index contributed by atoms with van der Waals surface area (Å²) in [6.45, 7) is 8.34. The van der Waals surface area contributed by atoms with Gasteiger partial charge in [-0.1, -0.05) is 6.92 Å². The van der Waals surface area contributed by atoms with Crippen molar-refractivity contribution in [3.05, 3.63) is 23.3 Å². The minimum absolute atomic E-state index is 0.0605. The number of nitrogens with zero attached hydrogens (tertiary/aromatic N) is 4. The minimum atomic E-state index is 0.0605. The summed E-state index contributed by atoms with van der Waals surface area (Å²) in [7, 11) is 0. The topological polar surface area (TPSA) is 84.2 Å². The van der Waals surface area contributed by atoms with Crippen LogP contribution >= 0.6 is 0 Å². The number of hydrogen-bond acceptors (Lipinski definition) is 5. The molecule has 0 radical (unpaired) electrons. The van der Waals surface area contributed by atoms with Crippen molar-refractivity contribution in [2.75, 3.05) is 19.6 Å². The molecule has 0 unspecified atom stereocenters. The van der Waals surface area contributed by atoms with Gasteiger partial charge < -0.3 is 10.6 Å². The van der Waals surface area contributed by atoms with E-state index in [1.165, 1.54) is 6.33 Å². The number of carbonyl (C=O) groups is 1. The van der Waals surface area contributed by atoms with E-state index >= 15 is 0 Å². The average Bonchev–Trinajstić information content (AvgIpc) is 2.91. The number of carbonyl (C=O) groups excluding carboxylic acids is 1. The second-order valence-corrected chi connectivity index (χ2v) is 4.94. The Balaban J connectivity index is 1.95. The Kier molecular flexibility index (Phi) is 5.21. The Morgan fingerprint density at radius 3 is 2.90 bits per heavy atom. The SMILES string of the molecule is CCNCCNC(=O)CCc1c(C)nc2ncnn2c1C. The molecule has 0 saturated carbocycles. The molecule has 0 atom stereocenters. The second-order valence-electron chi connectivity index (χ2n) is 4.94. The molecule has 0 aliphatic heterocycles. The van der Waals surface area contributed by atoms with Crippen LogP contribution in [0.5, 0.6) is 0 Å². The summed E-state index contributed by atoms with van der Waals surface area (Å²) in [5.41, 5.74) is 2.97. The second kappa shape index (κ2) is 7.12. The molecule has 114 valence electrons. The summed E-state index contributed by atoms with van der Waals surface area (Å²) >= 11 is 0. The monoisotopic (exact) mass is 290 g/mol. The Bertz CT molecular complexity index is 621. The van der Waals surface area contributed by atoms with E-state index in [1.807, 2.05) is 20.8 Å². The van der Waals surface area contributed by atoms with Gasteiger partial charge in [-0.15, -0.1) is 0 Å². The summed E-state index contributed by atoms with van der Waals surface area (Å²) in [6, 6.07) is 0. The predicted molar refractivity (Wildman–Crippen MR) is 80.1 cm³/mol. The van der Waals surface area contributed by atoms with E-state index in [9.17, 15) is 4.79 Å². The zero-order valence-electron chi connectivity index (χ0n) is 12.8. The van der Waals surface area contributed by atoms with Crippen molar-refractivity contribution in [3.63, 3.8) is 0 Å². The molecular formula is C14H22N6O. The normalized spacial score (nSPS) is 11.0. The third-order valence-corrected chi connectivity index (χ3v) is 3.46. The van der Waals surface area contributed by atoms with Crippen LogP contribution in [-0.2, 0) is 11.2 Å². The van der Waals surface area contributed by atoms with E-state index in [4.69, 9.17) is 0 Å². The van der Waals surface area contributed by atoms with Gasteiger partial charge in [-0.2, -0.15) is 10.1 Å². The quantitative estimate of drug-likeness (QED) is 0.721. The molecule has 0 bridgehead atoms. The molecule has 0 spiro atoms. The smallest absolute Gasteiger partial charge is 0.252 e. The number of hydrogen-bond donors (Lipinski definition) is 2. The first-order valence-corrected chi connectivity index (χ1v) is 7.26. The Morgan fingerprint density at radius 2 is 2.14 bits per heavy atom. The summed E-state index contributed by atoms with van der Waals surface area (Å²) in [5, 5.41) is 10.2. The highest BCUT2D eigenvalue weighted by Gasteiger charge is 2.12. The van der Waals surface area contributed by atoms with Crippen molar-refractivity contribution in [2.24, 2.45) is 0 Å². The van der Waals surface area contributed by atoms with Crippen molar-refractivity contribution in [1.82, 2.24) is 30.2 Å². The van der Waals surface area contributed by atoms with Crippen molar-refractivity contribution in [2.45, 2.75) is 33.6 Å². The maximum Gasteiger partial charge on any atom is 0.252 e. The summed E-state index contributed by atoms with van der Waals surface area (Å²) in [5.74, 6) is 0.661. The van der Waals surface area contributed by atoms with E-state index in [2.05, 4.69) is 25.7 Å². The molecule has 0 aliphatic rings. The number of amides is 1. The van der Waals surface area contributed by atoms with Crippen LogP contribution in [0.1, 0.15) is 30.3 Å². The first-order valence-electron chi connectivity index (χ1n) is 7.26. The van der Waals surface area contributed by atoms with Gasteiger partial charge in [0.2, 0.25) is 5.91 Å². The van der Waals surface area contributed by atoms with Gasteiger partial charge in [-0.05, 0) is 32.4 Å². The van der Waals surface area contributed by atoms with Gasteiger partial charge in [0.15, 0.2) is 0 Å². The number of likely N-dealkylation sites (N-methyl/N-ethyl adjacent to an activating group) is 1. The number of fused-ring (bicyclic) bond motifs is 1. The van der Waals surface area contributed by atoms with E-state index in [-0.39, 0.29) is 5.91 Å². The standard InChI is InChI=1S/C14H22N6O/c1-4-15-7-8-16-13(21)6-5-12-10(2)19-14-17-9-18-20(14)11(12)3/h9,15H,4-8H2,1-3H3,(H,16,21). The van der Waals surface area contributed by atoms with Gasteiger partial charge >= 0.3 is 0 Å². The van der Waals surface area contributed by atoms with E-state index in [0.717, 1.165) is 30.0 Å². The Hall–Kier alpha value is -2.02. The van der Waals surface area contributed by atoms with Crippen LogP contribution in [0.25, 0.3) is 5.78 Å². The fourth-order valence-electron chi connectivity index (χ4n) is 2.31. The Morgan fingerprint density at radius 1 is 1.33 bits per heavy atom. The van der Waals surface area contributed by atoms with Crippen LogP contribution in [0.15, 0.2) is 6.33 Å². The third kappa shape index (κ3) is 3.75. The first kappa shape index (κ1) is 15.4. The Labute approximate surface area is 124 Å². The predicted octanol–water partition coefficient (Wildman–Crippen LogP) is 0.399. The van der Waals surface area contributed by atoms with Gasteiger partial charge in [-0.3, -0.25) is 4.79 Å². The van der Waals surface area contributed by atoms with Crippen molar-refractivity contribution >= 4 is 11.7 Å². The molecular weight excluding hydrogens is 268 g/mol. The minimum Gasteiger partial charge on any atom is -0.355 e. The van der Waals surface area contributed by atoms with Crippen LogP contribution < -0.4 is 10.6 Å². The maximum atomic E-state index is 11.8. The molecule has 2 rings (SSSR count).